The van der Waals surface area contributed by atoms with Crippen molar-refractivity contribution in [2.45, 2.75) is 40.4 Å². The van der Waals surface area contributed by atoms with Gasteiger partial charge in [0.25, 0.3) is 0 Å². The van der Waals surface area contributed by atoms with Gasteiger partial charge in [0.05, 0.1) is 12.7 Å². The van der Waals surface area contributed by atoms with Gasteiger partial charge in [0, 0.05) is 46.6 Å². The topological polar surface area (TPSA) is 63.5 Å². The number of methoxy groups -OCH3 is 1. The summed E-state index contributed by atoms with van der Waals surface area (Å²) < 4.78 is 8.50. The number of nitrogens with zero attached hydrogens (tertiary/aromatic N) is 1. The number of carboxylic acid groups (broad SMARTS) is 1. The van der Waals surface area contributed by atoms with E-state index in [1.54, 1.807) is 7.11 Å². The Kier molecular flexibility index (Phi) is 7.00. The van der Waals surface area contributed by atoms with Gasteiger partial charge in [-0.3, -0.25) is 0 Å². The summed E-state index contributed by atoms with van der Waals surface area (Å²) in [6, 6.07) is 14.1. The Hall–Kier alpha value is -2.57. The van der Waals surface area contributed by atoms with Gasteiger partial charge in [-0.15, -0.1) is 0 Å². The summed E-state index contributed by atoms with van der Waals surface area (Å²) in [5.74, 6) is -0.0925. The summed E-state index contributed by atoms with van der Waals surface area (Å²) in [5, 5.41) is 13.3. The summed E-state index contributed by atoms with van der Waals surface area (Å²) >= 11 is 3.49. The molecule has 2 N–H and O–H groups in total. The maximum atomic E-state index is 12.0. The zero-order valence-electron chi connectivity index (χ0n) is 17.8. The van der Waals surface area contributed by atoms with Crippen LogP contribution in [-0.2, 0) is 19.6 Å². The molecule has 0 aliphatic rings. The monoisotopic (exact) mass is 470 g/mol. The number of aryl methyl sites for hydroxylation is 1. The normalized spacial score (nSPS) is 11.0. The molecule has 0 aliphatic heterocycles. The maximum absolute atomic E-state index is 12.0. The molecule has 6 heteroatoms. The predicted octanol–water partition coefficient (Wildman–Crippen LogP) is 5.22. The van der Waals surface area contributed by atoms with Crippen molar-refractivity contribution in [2.24, 2.45) is 0 Å². The summed E-state index contributed by atoms with van der Waals surface area (Å²) in [5.41, 5.74) is 6.36. The van der Waals surface area contributed by atoms with Crippen molar-refractivity contribution >= 4 is 21.9 Å². The van der Waals surface area contributed by atoms with Gasteiger partial charge >= 0.3 is 5.97 Å². The van der Waals surface area contributed by atoms with Crippen molar-refractivity contribution in [3.63, 3.8) is 0 Å². The Labute approximate surface area is 185 Å². The van der Waals surface area contributed by atoms with Crippen LogP contribution in [-0.4, -0.2) is 22.8 Å². The van der Waals surface area contributed by atoms with Gasteiger partial charge in [-0.2, -0.15) is 0 Å². The fourth-order valence-corrected chi connectivity index (χ4v) is 4.26. The molecule has 5 nitrogen and oxygen atoms in total. The highest BCUT2D eigenvalue weighted by molar-refractivity contribution is 9.10. The van der Waals surface area contributed by atoms with Crippen LogP contribution < -0.4 is 10.1 Å². The second-order valence-electron chi connectivity index (χ2n) is 7.40. The highest BCUT2D eigenvalue weighted by Gasteiger charge is 2.22. The molecule has 0 atom stereocenters. The van der Waals surface area contributed by atoms with Gasteiger partial charge in [0.2, 0.25) is 0 Å². The van der Waals surface area contributed by atoms with Crippen LogP contribution in [0.1, 0.15) is 44.0 Å². The molecule has 0 saturated heterocycles. The number of aromatic carboxylic acids is 1. The lowest BCUT2D eigenvalue weighted by atomic mass is 10.1. The third kappa shape index (κ3) is 4.60. The molecule has 0 spiro atoms. The lowest BCUT2D eigenvalue weighted by Crippen LogP contribution is -2.16. The molecule has 0 bridgehead atoms. The minimum Gasteiger partial charge on any atom is -0.496 e. The molecule has 3 rings (SSSR count). The smallest absolute Gasteiger partial charge is 0.337 e. The SMILES string of the molecule is COc1ccc(Br)cc1CNCc1c(C(=O)O)c(C)n(Cc2ccccc2C)c1C. The number of hydrogen-bond acceptors (Lipinski definition) is 3. The third-order valence-electron chi connectivity index (χ3n) is 5.57. The van der Waals surface area contributed by atoms with Gasteiger partial charge in [-0.05, 0) is 50.1 Å². The lowest BCUT2D eigenvalue weighted by molar-refractivity contribution is 0.0694. The molecule has 158 valence electrons. The van der Waals surface area contributed by atoms with Gasteiger partial charge in [-0.25, -0.2) is 4.79 Å². The van der Waals surface area contributed by atoms with Crippen LogP contribution in [0.3, 0.4) is 0 Å². The van der Waals surface area contributed by atoms with Crippen LogP contribution in [0, 0.1) is 20.8 Å². The number of carbonyl (C=O) groups is 1. The number of halogens is 1. The quantitative estimate of drug-likeness (QED) is 0.473. The van der Waals surface area contributed by atoms with Gasteiger partial charge in [0.15, 0.2) is 0 Å². The van der Waals surface area contributed by atoms with E-state index in [-0.39, 0.29) is 0 Å². The van der Waals surface area contributed by atoms with Crippen molar-refractivity contribution in [1.29, 1.82) is 0 Å². The van der Waals surface area contributed by atoms with Crippen LogP contribution >= 0.6 is 15.9 Å². The molecule has 1 heterocycles. The zero-order valence-corrected chi connectivity index (χ0v) is 19.3. The average Bonchev–Trinajstić information content (AvgIpc) is 2.94. The van der Waals surface area contributed by atoms with Crippen molar-refractivity contribution in [3.05, 3.63) is 86.1 Å². The second kappa shape index (κ2) is 9.49. The molecule has 0 radical (unpaired) electrons. The molecular formula is C24H27BrN2O3. The number of benzene rings is 2. The molecule has 0 fully saturated rings. The van der Waals surface area contributed by atoms with Gasteiger partial charge < -0.3 is 19.7 Å². The van der Waals surface area contributed by atoms with Crippen LogP contribution in [0.15, 0.2) is 46.9 Å². The number of carboxylic acids is 1. The molecular weight excluding hydrogens is 444 g/mol. The number of aromatic nitrogens is 1. The van der Waals surface area contributed by atoms with E-state index in [1.807, 2.05) is 44.2 Å². The minimum atomic E-state index is -0.893. The van der Waals surface area contributed by atoms with Crippen molar-refractivity contribution in [1.82, 2.24) is 9.88 Å². The number of ether oxygens (including phenoxy) is 1. The van der Waals surface area contributed by atoms with E-state index in [0.717, 1.165) is 32.7 Å². The van der Waals surface area contributed by atoms with E-state index in [9.17, 15) is 9.90 Å². The summed E-state index contributed by atoms with van der Waals surface area (Å²) in [6.07, 6.45) is 0. The molecule has 3 aromatic rings. The molecule has 2 aromatic carbocycles. The molecule has 0 saturated carbocycles. The molecule has 0 unspecified atom stereocenters. The largest absolute Gasteiger partial charge is 0.496 e. The summed E-state index contributed by atoms with van der Waals surface area (Å²) in [4.78, 5) is 12.0. The van der Waals surface area contributed by atoms with E-state index >= 15 is 0 Å². The Morgan fingerprint density at radius 3 is 2.47 bits per heavy atom. The van der Waals surface area contributed by atoms with Gasteiger partial charge in [0.1, 0.15) is 5.75 Å². The molecule has 30 heavy (non-hydrogen) atoms. The summed E-state index contributed by atoms with van der Waals surface area (Å²) in [6.45, 7) is 7.65. The number of nitrogens with one attached hydrogen (secondary N) is 1. The Morgan fingerprint density at radius 1 is 1.07 bits per heavy atom. The van der Waals surface area contributed by atoms with Crippen molar-refractivity contribution in [2.75, 3.05) is 7.11 Å². The van der Waals surface area contributed by atoms with E-state index in [2.05, 4.69) is 44.9 Å². The highest BCUT2D eigenvalue weighted by Crippen LogP contribution is 2.26. The molecule has 0 aliphatic carbocycles. The zero-order chi connectivity index (χ0) is 21.8. The Morgan fingerprint density at radius 2 is 1.80 bits per heavy atom. The highest BCUT2D eigenvalue weighted by atomic mass is 79.9. The number of hydrogen-bond donors (Lipinski definition) is 2. The fraction of sp³-hybridized carbons (Fsp3) is 0.292. The Balaban J connectivity index is 1.87. The van der Waals surface area contributed by atoms with Crippen molar-refractivity contribution < 1.29 is 14.6 Å². The second-order valence-corrected chi connectivity index (χ2v) is 8.32. The first-order valence-corrected chi connectivity index (χ1v) is 10.6. The van der Waals surface area contributed by atoms with Crippen LogP contribution in [0.4, 0.5) is 0 Å². The van der Waals surface area contributed by atoms with Crippen molar-refractivity contribution in [3.8, 4) is 5.75 Å². The van der Waals surface area contributed by atoms with E-state index in [0.29, 0.717) is 25.2 Å². The lowest BCUT2D eigenvalue weighted by Gasteiger charge is -2.13. The summed E-state index contributed by atoms with van der Waals surface area (Å²) in [7, 11) is 1.65. The first kappa shape index (κ1) is 22.1. The first-order valence-electron chi connectivity index (χ1n) is 9.83. The van der Waals surface area contributed by atoms with Crippen LogP contribution in [0.5, 0.6) is 5.75 Å². The van der Waals surface area contributed by atoms with E-state index in [4.69, 9.17) is 4.74 Å². The Bertz CT molecular complexity index is 1070. The maximum Gasteiger partial charge on any atom is 0.337 e. The molecule has 1 aromatic heterocycles. The van der Waals surface area contributed by atoms with E-state index in [1.165, 1.54) is 11.1 Å². The third-order valence-corrected chi connectivity index (χ3v) is 6.07. The van der Waals surface area contributed by atoms with E-state index < -0.39 is 5.97 Å². The first-order chi connectivity index (χ1) is 14.3. The van der Waals surface area contributed by atoms with Crippen LogP contribution in [0.25, 0.3) is 0 Å². The minimum absolute atomic E-state index is 0.384. The number of rotatable bonds is 8. The fourth-order valence-electron chi connectivity index (χ4n) is 3.85. The van der Waals surface area contributed by atoms with Crippen LogP contribution in [0.2, 0.25) is 0 Å². The molecule has 0 amide bonds. The standard InChI is InChI=1S/C24H27BrN2O3/c1-15-7-5-6-8-18(15)14-27-16(2)21(23(17(27)3)24(28)29)13-26-12-19-11-20(25)9-10-22(19)30-4/h5-11,26H,12-14H2,1-4H3,(H,28,29). The average molecular weight is 471 g/mol. The van der Waals surface area contributed by atoms with Gasteiger partial charge in [-0.1, -0.05) is 40.2 Å². The predicted molar refractivity (Wildman–Crippen MR) is 122 cm³/mol.